The van der Waals surface area contributed by atoms with E-state index >= 15 is 0 Å². The number of carbonyl (C=O) groups is 1. The maximum atomic E-state index is 11.8. The third-order valence-electron chi connectivity index (χ3n) is 3.58. The summed E-state index contributed by atoms with van der Waals surface area (Å²) in [5.41, 5.74) is 4.53. The summed E-state index contributed by atoms with van der Waals surface area (Å²) < 4.78 is 11.2. The van der Waals surface area contributed by atoms with E-state index in [0.29, 0.717) is 13.2 Å². The van der Waals surface area contributed by atoms with Crippen LogP contribution in [0, 0.1) is 27.7 Å². The van der Waals surface area contributed by atoms with Gasteiger partial charge in [0.2, 0.25) is 0 Å². The van der Waals surface area contributed by atoms with Crippen LogP contribution in [0.4, 0.5) is 0 Å². The lowest BCUT2D eigenvalue weighted by Gasteiger charge is -2.11. The fraction of sp³-hybridized carbons (Fsp3) is 0.350. The third kappa shape index (κ3) is 5.61. The van der Waals surface area contributed by atoms with E-state index in [4.69, 9.17) is 9.47 Å². The number of carbonyl (C=O) groups excluding carboxylic acids is 1. The van der Waals surface area contributed by atoms with E-state index in [-0.39, 0.29) is 12.5 Å². The van der Waals surface area contributed by atoms with Gasteiger partial charge in [-0.15, -0.1) is 0 Å². The molecular formula is C20H25NO3. The van der Waals surface area contributed by atoms with E-state index in [1.165, 1.54) is 5.56 Å². The molecule has 2 aromatic rings. The molecule has 0 aromatic heterocycles. The molecule has 0 aliphatic rings. The van der Waals surface area contributed by atoms with Crippen molar-refractivity contribution in [1.82, 2.24) is 5.32 Å². The molecule has 1 N–H and O–H groups in total. The largest absolute Gasteiger partial charge is 0.492 e. The lowest BCUT2D eigenvalue weighted by atomic mass is 10.1. The Labute approximate surface area is 143 Å². The molecule has 0 unspecified atom stereocenters. The van der Waals surface area contributed by atoms with Gasteiger partial charge in [-0.1, -0.05) is 23.8 Å². The molecule has 0 aliphatic heterocycles. The Balaban J connectivity index is 1.69. The topological polar surface area (TPSA) is 47.6 Å². The predicted molar refractivity (Wildman–Crippen MR) is 95.8 cm³/mol. The minimum atomic E-state index is -0.154. The van der Waals surface area contributed by atoms with Crippen LogP contribution in [0.2, 0.25) is 0 Å². The van der Waals surface area contributed by atoms with E-state index in [1.54, 1.807) is 0 Å². The van der Waals surface area contributed by atoms with Crippen molar-refractivity contribution in [1.29, 1.82) is 0 Å². The van der Waals surface area contributed by atoms with Gasteiger partial charge in [-0.05, 0) is 62.6 Å². The average molecular weight is 327 g/mol. The molecule has 24 heavy (non-hydrogen) atoms. The van der Waals surface area contributed by atoms with Gasteiger partial charge >= 0.3 is 0 Å². The molecule has 4 nitrogen and oxygen atoms in total. The summed E-state index contributed by atoms with van der Waals surface area (Å²) in [5.74, 6) is 1.41. The van der Waals surface area contributed by atoms with Crippen molar-refractivity contribution in [3.63, 3.8) is 0 Å². The smallest absolute Gasteiger partial charge is 0.258 e. The van der Waals surface area contributed by atoms with Crippen LogP contribution in [0.5, 0.6) is 11.5 Å². The summed E-state index contributed by atoms with van der Waals surface area (Å²) in [6.07, 6.45) is 0. The number of amides is 1. The first kappa shape index (κ1) is 17.9. The van der Waals surface area contributed by atoms with Gasteiger partial charge in [0.1, 0.15) is 18.1 Å². The van der Waals surface area contributed by atoms with E-state index < -0.39 is 0 Å². The van der Waals surface area contributed by atoms with E-state index in [1.807, 2.05) is 58.0 Å². The second-order valence-corrected chi connectivity index (χ2v) is 6.08. The average Bonchev–Trinajstić information content (AvgIpc) is 2.50. The SMILES string of the molecule is Cc1cc(C)cc(OCCNC(=O)COc2ccc(C)cc2C)c1. The highest BCUT2D eigenvalue weighted by Gasteiger charge is 2.05. The Morgan fingerprint density at radius 1 is 0.917 bits per heavy atom. The molecule has 1 amide bonds. The van der Waals surface area contributed by atoms with Crippen LogP contribution >= 0.6 is 0 Å². The quantitative estimate of drug-likeness (QED) is 0.792. The highest BCUT2D eigenvalue weighted by atomic mass is 16.5. The Kier molecular flexibility index (Phi) is 6.24. The summed E-state index contributed by atoms with van der Waals surface area (Å²) in [6.45, 7) is 8.95. The Bertz CT molecular complexity index is 690. The lowest BCUT2D eigenvalue weighted by molar-refractivity contribution is -0.123. The number of nitrogens with one attached hydrogen (secondary N) is 1. The molecule has 2 rings (SSSR count). The van der Waals surface area contributed by atoms with E-state index in [0.717, 1.165) is 28.2 Å². The first-order chi connectivity index (χ1) is 11.4. The van der Waals surface area contributed by atoms with Crippen LogP contribution in [-0.4, -0.2) is 25.7 Å². The molecule has 4 heteroatoms. The van der Waals surface area contributed by atoms with E-state index in [2.05, 4.69) is 11.4 Å². The lowest BCUT2D eigenvalue weighted by Crippen LogP contribution is -2.32. The zero-order valence-corrected chi connectivity index (χ0v) is 14.8. The molecule has 0 fully saturated rings. The molecule has 0 bridgehead atoms. The van der Waals surface area contributed by atoms with Crippen molar-refractivity contribution in [2.24, 2.45) is 0 Å². The van der Waals surface area contributed by atoms with Gasteiger partial charge in [0.25, 0.3) is 5.91 Å². The van der Waals surface area contributed by atoms with Crippen molar-refractivity contribution in [2.45, 2.75) is 27.7 Å². The first-order valence-corrected chi connectivity index (χ1v) is 8.12. The fourth-order valence-electron chi connectivity index (χ4n) is 2.53. The number of hydrogen-bond donors (Lipinski definition) is 1. The highest BCUT2D eigenvalue weighted by molar-refractivity contribution is 5.77. The van der Waals surface area contributed by atoms with Crippen molar-refractivity contribution < 1.29 is 14.3 Å². The normalized spacial score (nSPS) is 10.3. The number of rotatable bonds is 7. The molecule has 128 valence electrons. The van der Waals surface area contributed by atoms with Gasteiger partial charge in [0.15, 0.2) is 6.61 Å². The summed E-state index contributed by atoms with van der Waals surface area (Å²) in [4.78, 5) is 11.8. The van der Waals surface area contributed by atoms with Gasteiger partial charge in [-0.3, -0.25) is 4.79 Å². The zero-order valence-electron chi connectivity index (χ0n) is 14.8. The molecule has 0 atom stereocenters. The van der Waals surface area contributed by atoms with Crippen LogP contribution in [0.3, 0.4) is 0 Å². The Hall–Kier alpha value is -2.49. The minimum absolute atomic E-state index is 0.00740. The molecule has 0 heterocycles. The predicted octanol–water partition coefficient (Wildman–Crippen LogP) is 3.49. The summed E-state index contributed by atoms with van der Waals surface area (Å²) in [5, 5.41) is 2.79. The number of hydrogen-bond acceptors (Lipinski definition) is 3. The summed E-state index contributed by atoms with van der Waals surface area (Å²) in [6, 6.07) is 12.0. The maximum Gasteiger partial charge on any atom is 0.258 e. The van der Waals surface area contributed by atoms with Gasteiger partial charge < -0.3 is 14.8 Å². The molecular weight excluding hydrogens is 302 g/mol. The minimum Gasteiger partial charge on any atom is -0.492 e. The standard InChI is InChI=1S/C20H25NO3/c1-14-5-6-19(17(4)10-14)24-13-20(22)21-7-8-23-18-11-15(2)9-16(3)12-18/h5-6,9-12H,7-8,13H2,1-4H3,(H,21,22). The van der Waals surface area contributed by atoms with Crippen LogP contribution in [-0.2, 0) is 4.79 Å². The molecule has 2 aromatic carbocycles. The van der Waals surface area contributed by atoms with Crippen LogP contribution in [0.25, 0.3) is 0 Å². The van der Waals surface area contributed by atoms with Crippen molar-refractivity contribution in [2.75, 3.05) is 19.8 Å². The monoisotopic (exact) mass is 327 g/mol. The summed E-state index contributed by atoms with van der Waals surface area (Å²) >= 11 is 0. The van der Waals surface area contributed by atoms with Crippen LogP contribution < -0.4 is 14.8 Å². The molecule has 0 spiro atoms. The van der Waals surface area contributed by atoms with Gasteiger partial charge in [-0.25, -0.2) is 0 Å². The van der Waals surface area contributed by atoms with Gasteiger partial charge in [0, 0.05) is 0 Å². The molecule has 0 radical (unpaired) electrons. The summed E-state index contributed by atoms with van der Waals surface area (Å²) in [7, 11) is 0. The maximum absolute atomic E-state index is 11.8. The Morgan fingerprint density at radius 3 is 2.29 bits per heavy atom. The van der Waals surface area contributed by atoms with Crippen LogP contribution in [0.15, 0.2) is 36.4 Å². The van der Waals surface area contributed by atoms with Crippen molar-refractivity contribution >= 4 is 5.91 Å². The number of benzene rings is 2. The van der Waals surface area contributed by atoms with Crippen molar-refractivity contribution in [3.8, 4) is 11.5 Å². The van der Waals surface area contributed by atoms with Crippen LogP contribution in [0.1, 0.15) is 22.3 Å². The highest BCUT2D eigenvalue weighted by Crippen LogP contribution is 2.18. The van der Waals surface area contributed by atoms with Gasteiger partial charge in [-0.2, -0.15) is 0 Å². The fourth-order valence-corrected chi connectivity index (χ4v) is 2.53. The first-order valence-electron chi connectivity index (χ1n) is 8.12. The molecule has 0 saturated heterocycles. The van der Waals surface area contributed by atoms with E-state index in [9.17, 15) is 4.79 Å². The third-order valence-corrected chi connectivity index (χ3v) is 3.58. The second-order valence-electron chi connectivity index (χ2n) is 6.08. The number of aryl methyl sites for hydroxylation is 4. The Morgan fingerprint density at radius 2 is 1.62 bits per heavy atom. The second kappa shape index (κ2) is 8.39. The van der Waals surface area contributed by atoms with Crippen molar-refractivity contribution in [3.05, 3.63) is 58.7 Å². The zero-order chi connectivity index (χ0) is 17.5. The number of ether oxygens (including phenoxy) is 2. The van der Waals surface area contributed by atoms with Gasteiger partial charge in [0.05, 0.1) is 6.54 Å². The molecule has 0 aliphatic carbocycles. The molecule has 0 saturated carbocycles.